The number of carbonyl (C=O) groups excluding carboxylic acids is 3. The van der Waals surface area contributed by atoms with Gasteiger partial charge in [0.05, 0.1) is 0 Å². The van der Waals surface area contributed by atoms with E-state index in [0.717, 1.165) is 12.8 Å². The Hall–Kier alpha value is -1.39. The summed E-state index contributed by atoms with van der Waals surface area (Å²) in [6.07, 6.45) is 3.38. The van der Waals surface area contributed by atoms with E-state index in [9.17, 15) is 14.4 Å². The number of nitrogens with one attached hydrogen (secondary N) is 2. The molecular weight excluding hydrogens is 280 g/mol. The van der Waals surface area contributed by atoms with Crippen LogP contribution in [0.1, 0.15) is 66.2 Å². The molecule has 0 aromatic heterocycles. The molecule has 2 N–H and O–H groups in total. The molecule has 5 nitrogen and oxygen atoms in total. The van der Waals surface area contributed by atoms with Gasteiger partial charge in [0.1, 0.15) is 5.78 Å². The first-order valence-electron chi connectivity index (χ1n) is 8.20. The van der Waals surface area contributed by atoms with Gasteiger partial charge in [-0.2, -0.15) is 0 Å². The summed E-state index contributed by atoms with van der Waals surface area (Å²) in [6.45, 7) is 8.38. The molecule has 0 radical (unpaired) electrons. The Labute approximate surface area is 132 Å². The standard InChI is InChI=1S/C17H28N2O3/c1-16(2)7-5-14(21)18-12(16)9-11(20)10-13-17(3,4)8-6-15(22)19-13/h12-13H,5-10H2,1-4H3,(H,18,21)(H,19,22)/t12-,13-/m0/s1. The Morgan fingerprint density at radius 3 is 1.64 bits per heavy atom. The van der Waals surface area contributed by atoms with E-state index < -0.39 is 0 Å². The summed E-state index contributed by atoms with van der Waals surface area (Å²) in [4.78, 5) is 35.7. The summed E-state index contributed by atoms with van der Waals surface area (Å²) >= 11 is 0. The molecule has 0 aromatic rings. The molecule has 0 unspecified atom stereocenters. The highest BCUT2D eigenvalue weighted by Gasteiger charge is 2.39. The lowest BCUT2D eigenvalue weighted by Crippen LogP contribution is -2.53. The zero-order chi connectivity index (χ0) is 16.5. The lowest BCUT2D eigenvalue weighted by Gasteiger charge is -2.40. The predicted octanol–water partition coefficient (Wildman–Crippen LogP) is 1.95. The first kappa shape index (κ1) is 17.0. The topological polar surface area (TPSA) is 75.3 Å². The van der Waals surface area contributed by atoms with Crippen molar-refractivity contribution < 1.29 is 14.4 Å². The second kappa shape index (κ2) is 6.01. The van der Waals surface area contributed by atoms with Crippen LogP contribution >= 0.6 is 0 Å². The molecule has 2 rings (SSSR count). The number of rotatable bonds is 4. The maximum atomic E-state index is 12.5. The number of hydrogen-bond acceptors (Lipinski definition) is 3. The first-order valence-corrected chi connectivity index (χ1v) is 8.20. The van der Waals surface area contributed by atoms with Crippen LogP contribution in [-0.2, 0) is 14.4 Å². The predicted molar refractivity (Wildman–Crippen MR) is 84.1 cm³/mol. The number of Topliss-reactive ketones (excluding diaryl/α,β-unsaturated/α-hetero) is 1. The first-order chi connectivity index (χ1) is 10.1. The quantitative estimate of drug-likeness (QED) is 0.833. The summed E-state index contributed by atoms with van der Waals surface area (Å²) in [5.41, 5.74) is -0.121. The van der Waals surface area contributed by atoms with Crippen molar-refractivity contribution in [2.24, 2.45) is 10.8 Å². The fourth-order valence-corrected chi connectivity index (χ4v) is 3.34. The van der Waals surface area contributed by atoms with Gasteiger partial charge in [-0.3, -0.25) is 14.4 Å². The summed E-state index contributed by atoms with van der Waals surface area (Å²) in [7, 11) is 0. The van der Waals surface area contributed by atoms with E-state index in [-0.39, 0.29) is 40.5 Å². The molecular formula is C17H28N2O3. The molecule has 124 valence electrons. The Balaban J connectivity index is 1.97. The minimum atomic E-state index is -0.108. The van der Waals surface area contributed by atoms with Crippen LogP contribution in [0.25, 0.3) is 0 Å². The smallest absolute Gasteiger partial charge is 0.220 e. The molecule has 0 aliphatic carbocycles. The maximum Gasteiger partial charge on any atom is 0.220 e. The number of hydrogen-bond donors (Lipinski definition) is 2. The summed E-state index contributed by atoms with van der Waals surface area (Å²) < 4.78 is 0. The third-order valence-corrected chi connectivity index (χ3v) is 5.41. The van der Waals surface area contributed by atoms with Crippen molar-refractivity contribution in [3.05, 3.63) is 0 Å². The zero-order valence-corrected chi connectivity index (χ0v) is 14.1. The molecule has 2 fully saturated rings. The van der Waals surface area contributed by atoms with Crippen LogP contribution in [0.3, 0.4) is 0 Å². The molecule has 2 aliphatic rings. The fourth-order valence-electron chi connectivity index (χ4n) is 3.34. The Kier molecular flexibility index (Phi) is 4.64. The molecule has 2 heterocycles. The average molecular weight is 308 g/mol. The highest BCUT2D eigenvalue weighted by atomic mass is 16.2. The minimum Gasteiger partial charge on any atom is -0.352 e. The van der Waals surface area contributed by atoms with Gasteiger partial charge in [-0.05, 0) is 23.7 Å². The Morgan fingerprint density at radius 2 is 1.27 bits per heavy atom. The van der Waals surface area contributed by atoms with Crippen molar-refractivity contribution in [3.63, 3.8) is 0 Å². The van der Waals surface area contributed by atoms with Crippen molar-refractivity contribution in [3.8, 4) is 0 Å². The number of carbonyl (C=O) groups is 3. The average Bonchev–Trinajstić information content (AvgIpc) is 2.39. The van der Waals surface area contributed by atoms with E-state index in [1.807, 2.05) is 0 Å². The summed E-state index contributed by atoms with van der Waals surface area (Å²) in [6, 6.07) is -0.215. The van der Waals surface area contributed by atoms with E-state index >= 15 is 0 Å². The largest absolute Gasteiger partial charge is 0.352 e. The molecule has 2 aliphatic heterocycles. The fraction of sp³-hybridized carbons (Fsp3) is 0.824. The van der Waals surface area contributed by atoms with Crippen molar-refractivity contribution in [2.45, 2.75) is 78.3 Å². The SMILES string of the molecule is CC1(C)CCC(=O)N[C@H]1CC(=O)C[C@@H]1NC(=O)CCC1(C)C. The molecule has 0 bridgehead atoms. The van der Waals surface area contributed by atoms with Gasteiger partial charge in [0, 0.05) is 37.8 Å². The van der Waals surface area contributed by atoms with Crippen molar-refractivity contribution in [1.29, 1.82) is 0 Å². The highest BCUT2D eigenvalue weighted by Crippen LogP contribution is 2.35. The normalized spacial score (nSPS) is 30.4. The molecule has 2 atom stereocenters. The van der Waals surface area contributed by atoms with E-state index in [0.29, 0.717) is 25.7 Å². The lowest BCUT2D eigenvalue weighted by atomic mass is 9.72. The van der Waals surface area contributed by atoms with E-state index in [1.54, 1.807) is 0 Å². The summed E-state index contributed by atoms with van der Waals surface area (Å²) in [5, 5.41) is 5.91. The van der Waals surface area contributed by atoms with Crippen LogP contribution in [0.5, 0.6) is 0 Å². The van der Waals surface area contributed by atoms with Gasteiger partial charge in [-0.15, -0.1) is 0 Å². The molecule has 0 spiro atoms. The van der Waals surface area contributed by atoms with Crippen molar-refractivity contribution >= 4 is 17.6 Å². The molecule has 22 heavy (non-hydrogen) atoms. The van der Waals surface area contributed by atoms with Gasteiger partial charge in [0.15, 0.2) is 0 Å². The van der Waals surface area contributed by atoms with Crippen LogP contribution < -0.4 is 10.6 Å². The van der Waals surface area contributed by atoms with Crippen LogP contribution in [-0.4, -0.2) is 29.7 Å². The van der Waals surface area contributed by atoms with Gasteiger partial charge < -0.3 is 10.6 Å². The Morgan fingerprint density at radius 1 is 0.909 bits per heavy atom. The summed E-state index contributed by atoms with van der Waals surface area (Å²) in [5.74, 6) is 0.174. The zero-order valence-electron chi connectivity index (χ0n) is 14.1. The second-order valence-corrected chi connectivity index (χ2v) is 8.16. The van der Waals surface area contributed by atoms with Crippen LogP contribution in [0.4, 0.5) is 0 Å². The van der Waals surface area contributed by atoms with Crippen molar-refractivity contribution in [2.75, 3.05) is 0 Å². The maximum absolute atomic E-state index is 12.5. The van der Waals surface area contributed by atoms with Crippen LogP contribution in [0, 0.1) is 10.8 Å². The lowest BCUT2D eigenvalue weighted by molar-refractivity contribution is -0.128. The van der Waals surface area contributed by atoms with Crippen molar-refractivity contribution in [1.82, 2.24) is 10.6 Å². The van der Waals surface area contributed by atoms with Gasteiger partial charge in [-0.25, -0.2) is 0 Å². The third-order valence-electron chi connectivity index (χ3n) is 5.41. The highest BCUT2D eigenvalue weighted by molar-refractivity contribution is 5.84. The molecule has 5 heteroatoms. The monoisotopic (exact) mass is 308 g/mol. The molecule has 0 aromatic carbocycles. The van der Waals surface area contributed by atoms with E-state index in [4.69, 9.17) is 0 Å². The van der Waals surface area contributed by atoms with Gasteiger partial charge in [0.25, 0.3) is 0 Å². The number of amides is 2. The molecule has 0 saturated carbocycles. The number of piperidine rings is 2. The van der Waals surface area contributed by atoms with Crippen LogP contribution in [0.15, 0.2) is 0 Å². The van der Waals surface area contributed by atoms with Gasteiger partial charge in [0.2, 0.25) is 11.8 Å². The third kappa shape index (κ3) is 3.87. The second-order valence-electron chi connectivity index (χ2n) is 8.16. The minimum absolute atomic E-state index is 0.0309. The van der Waals surface area contributed by atoms with Gasteiger partial charge in [-0.1, -0.05) is 27.7 Å². The molecule has 2 amide bonds. The Bertz CT molecular complexity index is 440. The van der Waals surface area contributed by atoms with Gasteiger partial charge >= 0.3 is 0 Å². The van der Waals surface area contributed by atoms with Crippen LogP contribution in [0.2, 0.25) is 0 Å². The molecule has 2 saturated heterocycles. The number of ketones is 1. The van der Waals surface area contributed by atoms with E-state index in [1.165, 1.54) is 0 Å². The van der Waals surface area contributed by atoms with E-state index in [2.05, 4.69) is 38.3 Å².